The minimum absolute atomic E-state index is 0.236. The first-order chi connectivity index (χ1) is 7.54. The van der Waals surface area contributed by atoms with Gasteiger partial charge in [-0.2, -0.15) is 21.6 Å². The Morgan fingerprint density at radius 1 is 1.24 bits per heavy atom. The molecule has 0 bridgehead atoms. The highest BCUT2D eigenvalue weighted by Crippen LogP contribution is 2.23. The number of hydrogen-bond acceptors (Lipinski definition) is 3. The molecule has 9 heteroatoms. The van der Waals surface area contributed by atoms with Gasteiger partial charge in [0.15, 0.2) is 0 Å². The molecule has 0 radical (unpaired) electrons. The van der Waals surface area contributed by atoms with Crippen LogP contribution >= 0.6 is 0 Å². The van der Waals surface area contributed by atoms with E-state index < -0.39 is 34.6 Å². The molecule has 0 spiro atoms. The van der Waals surface area contributed by atoms with Crippen LogP contribution in [0.1, 0.15) is 25.7 Å². The molecule has 1 unspecified atom stereocenters. The molecule has 0 heterocycles. The number of hydrogen-bond donors (Lipinski definition) is 2. The van der Waals surface area contributed by atoms with Gasteiger partial charge in [0.2, 0.25) is 5.50 Å². The molecular formula is C8H17F4NO3S. The normalized spacial score (nSPS) is 13.8. The summed E-state index contributed by atoms with van der Waals surface area (Å²) in [5.74, 6) is 0. The summed E-state index contributed by atoms with van der Waals surface area (Å²) >= 11 is 0. The first kappa shape index (κ1) is 18.9. The van der Waals surface area contributed by atoms with Crippen molar-refractivity contribution in [2.75, 3.05) is 14.1 Å². The van der Waals surface area contributed by atoms with Gasteiger partial charge in [-0.25, -0.2) is 4.39 Å². The van der Waals surface area contributed by atoms with Crippen LogP contribution in [0.4, 0.5) is 17.6 Å². The molecule has 0 aromatic heterocycles. The molecule has 0 amide bonds. The van der Waals surface area contributed by atoms with Gasteiger partial charge in [0.05, 0.1) is 0 Å². The molecule has 0 aliphatic heterocycles. The van der Waals surface area contributed by atoms with Gasteiger partial charge in [-0.15, -0.1) is 0 Å². The summed E-state index contributed by atoms with van der Waals surface area (Å²) in [5.41, 5.74) is -2.49. The molecule has 0 saturated carbocycles. The smallest absolute Gasteiger partial charge is 0.323 e. The van der Waals surface area contributed by atoms with Crippen molar-refractivity contribution in [2.24, 2.45) is 0 Å². The van der Waals surface area contributed by atoms with Crippen LogP contribution in [0.3, 0.4) is 0 Å². The quantitative estimate of drug-likeness (QED) is 0.461. The molecule has 0 rings (SSSR count). The summed E-state index contributed by atoms with van der Waals surface area (Å²) in [7, 11) is -1.02. The van der Waals surface area contributed by atoms with Crippen molar-refractivity contribution >= 4 is 10.1 Å². The Labute approximate surface area is 98.1 Å². The minimum Gasteiger partial charge on any atom is -0.323 e. The van der Waals surface area contributed by atoms with E-state index in [2.05, 4.69) is 5.32 Å². The molecule has 17 heavy (non-hydrogen) atoms. The van der Waals surface area contributed by atoms with E-state index in [0.717, 1.165) is 0 Å². The second-order valence-electron chi connectivity index (χ2n) is 3.29. The van der Waals surface area contributed by atoms with E-state index in [1.165, 1.54) is 0 Å². The van der Waals surface area contributed by atoms with Crippen molar-refractivity contribution in [3.8, 4) is 0 Å². The maximum Gasteiger partial charge on any atom is 0.389 e. The molecule has 2 N–H and O–H groups in total. The Hall–Kier alpha value is -0.410. The van der Waals surface area contributed by atoms with Crippen LogP contribution in [0.5, 0.6) is 0 Å². The largest absolute Gasteiger partial charge is 0.389 e. The van der Waals surface area contributed by atoms with Gasteiger partial charge in [0, 0.05) is 6.42 Å². The number of nitrogens with one attached hydrogen (secondary N) is 1. The Morgan fingerprint density at radius 3 is 1.94 bits per heavy atom. The molecule has 0 fully saturated rings. The summed E-state index contributed by atoms with van der Waals surface area (Å²) in [6.45, 7) is 0. The highest BCUT2D eigenvalue weighted by atomic mass is 32.2. The van der Waals surface area contributed by atoms with Crippen LogP contribution in [0.15, 0.2) is 0 Å². The fourth-order valence-electron chi connectivity index (χ4n) is 0.779. The number of halogens is 4. The lowest BCUT2D eigenvalue weighted by atomic mass is 10.2. The molecule has 4 nitrogen and oxygen atoms in total. The van der Waals surface area contributed by atoms with Crippen LogP contribution in [-0.2, 0) is 10.1 Å². The van der Waals surface area contributed by atoms with Crippen molar-refractivity contribution < 1.29 is 30.5 Å². The van der Waals surface area contributed by atoms with Gasteiger partial charge in [0.1, 0.15) is 0 Å². The van der Waals surface area contributed by atoms with Crippen molar-refractivity contribution in [3.63, 3.8) is 0 Å². The van der Waals surface area contributed by atoms with Crippen LogP contribution in [0.25, 0.3) is 0 Å². The molecular weight excluding hydrogens is 266 g/mol. The predicted octanol–water partition coefficient (Wildman–Crippen LogP) is 2.13. The second-order valence-corrected chi connectivity index (χ2v) is 4.83. The molecule has 1 atom stereocenters. The van der Waals surface area contributed by atoms with E-state index in [9.17, 15) is 26.0 Å². The van der Waals surface area contributed by atoms with Gasteiger partial charge < -0.3 is 5.32 Å². The number of alkyl halides is 4. The summed E-state index contributed by atoms with van der Waals surface area (Å²) in [5, 5.41) is 2.75. The predicted molar refractivity (Wildman–Crippen MR) is 56.0 cm³/mol. The molecule has 106 valence electrons. The van der Waals surface area contributed by atoms with Crippen LogP contribution in [0, 0.1) is 0 Å². The summed E-state index contributed by atoms with van der Waals surface area (Å²) < 4.78 is 75.4. The first-order valence-electron chi connectivity index (χ1n) is 4.80. The zero-order valence-electron chi connectivity index (χ0n) is 9.59. The Bertz CT molecular complexity index is 279. The SMILES string of the molecule is CNC.O=S(=O)(O)C(F)CCCCC(F)(F)F. The van der Waals surface area contributed by atoms with Crippen LogP contribution in [-0.4, -0.2) is 38.7 Å². The average molecular weight is 283 g/mol. The van der Waals surface area contributed by atoms with E-state index in [1.807, 2.05) is 14.1 Å². The zero-order valence-corrected chi connectivity index (χ0v) is 10.4. The average Bonchev–Trinajstić information content (AvgIpc) is 2.10. The lowest BCUT2D eigenvalue weighted by Crippen LogP contribution is -2.15. The Balaban J connectivity index is 0. The highest BCUT2D eigenvalue weighted by molar-refractivity contribution is 7.86. The second kappa shape index (κ2) is 8.65. The Kier molecular flexibility index (Phi) is 9.64. The molecule has 0 aromatic carbocycles. The standard InChI is InChI=1S/C6H10F4O3S.C2H7N/c7-5(14(11,12)13)3-1-2-4-6(8,9)10;1-3-2/h5H,1-4H2,(H,11,12,13);3H,1-2H3. The monoisotopic (exact) mass is 283 g/mol. The minimum atomic E-state index is -4.77. The highest BCUT2D eigenvalue weighted by Gasteiger charge is 2.27. The van der Waals surface area contributed by atoms with E-state index in [-0.39, 0.29) is 12.8 Å². The van der Waals surface area contributed by atoms with Gasteiger partial charge in [-0.1, -0.05) is 0 Å². The van der Waals surface area contributed by atoms with Gasteiger partial charge in [-0.3, -0.25) is 4.55 Å². The summed E-state index contributed by atoms with van der Waals surface area (Å²) in [4.78, 5) is 0. The summed E-state index contributed by atoms with van der Waals surface area (Å²) in [6.07, 6.45) is -6.59. The summed E-state index contributed by atoms with van der Waals surface area (Å²) in [6, 6.07) is 0. The lowest BCUT2D eigenvalue weighted by molar-refractivity contribution is -0.135. The fourth-order valence-corrected chi connectivity index (χ4v) is 1.24. The third-order valence-electron chi connectivity index (χ3n) is 1.46. The van der Waals surface area contributed by atoms with Crippen molar-refractivity contribution in [1.82, 2.24) is 5.32 Å². The molecule has 0 aromatic rings. The topological polar surface area (TPSA) is 66.4 Å². The van der Waals surface area contributed by atoms with Gasteiger partial charge >= 0.3 is 6.18 Å². The lowest BCUT2D eigenvalue weighted by Gasteiger charge is -2.06. The molecule has 0 aliphatic rings. The fraction of sp³-hybridized carbons (Fsp3) is 1.00. The van der Waals surface area contributed by atoms with Gasteiger partial charge in [0.25, 0.3) is 10.1 Å². The number of rotatable bonds is 5. The van der Waals surface area contributed by atoms with Crippen LogP contribution < -0.4 is 5.32 Å². The molecule has 0 saturated heterocycles. The van der Waals surface area contributed by atoms with Crippen molar-refractivity contribution in [1.29, 1.82) is 0 Å². The van der Waals surface area contributed by atoms with E-state index in [1.54, 1.807) is 0 Å². The third-order valence-corrected chi connectivity index (χ3v) is 2.35. The van der Waals surface area contributed by atoms with Crippen LogP contribution in [0.2, 0.25) is 0 Å². The maximum atomic E-state index is 12.4. The zero-order chi connectivity index (χ0) is 14.1. The van der Waals surface area contributed by atoms with E-state index >= 15 is 0 Å². The maximum absolute atomic E-state index is 12.4. The number of unbranched alkanes of at least 4 members (excludes halogenated alkanes) is 1. The van der Waals surface area contributed by atoms with E-state index in [0.29, 0.717) is 0 Å². The Morgan fingerprint density at radius 2 is 1.65 bits per heavy atom. The van der Waals surface area contributed by atoms with Crippen molar-refractivity contribution in [2.45, 2.75) is 37.4 Å². The van der Waals surface area contributed by atoms with Crippen molar-refractivity contribution in [3.05, 3.63) is 0 Å². The first-order valence-corrected chi connectivity index (χ1v) is 6.30. The molecule has 0 aliphatic carbocycles. The van der Waals surface area contributed by atoms with Gasteiger partial charge in [-0.05, 0) is 33.4 Å². The van der Waals surface area contributed by atoms with E-state index in [4.69, 9.17) is 4.55 Å². The third kappa shape index (κ3) is 15.6.